The van der Waals surface area contributed by atoms with Crippen molar-refractivity contribution in [3.63, 3.8) is 0 Å². The summed E-state index contributed by atoms with van der Waals surface area (Å²) in [6, 6.07) is 18.0. The molecule has 0 radical (unpaired) electrons. The molecule has 0 fully saturated rings. The lowest BCUT2D eigenvalue weighted by Gasteiger charge is -2.07. The third-order valence-corrected chi connectivity index (χ3v) is 4.73. The molecule has 1 amide bonds. The van der Waals surface area contributed by atoms with Gasteiger partial charge >= 0.3 is 0 Å². The summed E-state index contributed by atoms with van der Waals surface area (Å²) in [5.41, 5.74) is 5.47. The first-order valence-electron chi connectivity index (χ1n) is 9.15. The average Bonchev–Trinajstić information content (AvgIpc) is 3.00. The van der Waals surface area contributed by atoms with Gasteiger partial charge in [0.25, 0.3) is 0 Å². The highest BCUT2D eigenvalue weighted by Gasteiger charge is 2.05. The summed E-state index contributed by atoms with van der Waals surface area (Å²) < 4.78 is 1.93. The van der Waals surface area contributed by atoms with Gasteiger partial charge in [0.1, 0.15) is 0 Å². The van der Waals surface area contributed by atoms with E-state index in [1.54, 1.807) is 0 Å². The van der Waals surface area contributed by atoms with Crippen molar-refractivity contribution < 1.29 is 4.79 Å². The Morgan fingerprint density at radius 2 is 1.63 bits per heavy atom. The number of hydrogen-bond donors (Lipinski definition) is 1. The van der Waals surface area contributed by atoms with Crippen LogP contribution in [0.15, 0.2) is 54.6 Å². The number of aromatic nitrogens is 2. The number of benzene rings is 2. The molecule has 1 heterocycles. The zero-order valence-electron chi connectivity index (χ0n) is 15.7. The second-order valence-electron chi connectivity index (χ2n) is 6.73. The van der Waals surface area contributed by atoms with Crippen molar-refractivity contribution in [1.82, 2.24) is 15.1 Å². The summed E-state index contributed by atoms with van der Waals surface area (Å²) in [4.78, 5) is 12.1. The van der Waals surface area contributed by atoms with Gasteiger partial charge in [-0.15, -0.1) is 0 Å². The molecular weight excluding hydrogens is 358 g/mol. The summed E-state index contributed by atoms with van der Waals surface area (Å²) in [7, 11) is 0. The van der Waals surface area contributed by atoms with Crippen LogP contribution in [0.2, 0.25) is 5.02 Å². The molecule has 0 unspecified atom stereocenters. The van der Waals surface area contributed by atoms with E-state index in [4.69, 9.17) is 11.6 Å². The predicted molar refractivity (Wildman–Crippen MR) is 110 cm³/mol. The van der Waals surface area contributed by atoms with E-state index in [-0.39, 0.29) is 5.91 Å². The second-order valence-corrected chi connectivity index (χ2v) is 7.17. The molecule has 1 N–H and O–H groups in total. The van der Waals surface area contributed by atoms with Gasteiger partial charge < -0.3 is 5.32 Å². The van der Waals surface area contributed by atoms with Gasteiger partial charge in [-0.25, -0.2) is 4.68 Å². The highest BCUT2D eigenvalue weighted by Crippen LogP contribution is 2.14. The van der Waals surface area contributed by atoms with E-state index in [9.17, 15) is 4.79 Å². The van der Waals surface area contributed by atoms with Crippen LogP contribution in [0.3, 0.4) is 0 Å². The topological polar surface area (TPSA) is 46.9 Å². The van der Waals surface area contributed by atoms with Crippen LogP contribution in [-0.2, 0) is 17.6 Å². The van der Waals surface area contributed by atoms with Gasteiger partial charge in [0, 0.05) is 23.7 Å². The zero-order chi connectivity index (χ0) is 19.2. The summed E-state index contributed by atoms with van der Waals surface area (Å²) >= 11 is 5.87. The Bertz CT molecular complexity index is 898. The van der Waals surface area contributed by atoms with Crippen molar-refractivity contribution in [2.24, 2.45) is 0 Å². The molecule has 0 saturated heterocycles. The van der Waals surface area contributed by atoms with Crippen molar-refractivity contribution >= 4 is 17.5 Å². The third kappa shape index (κ3) is 5.44. The molecule has 3 rings (SSSR count). The van der Waals surface area contributed by atoms with Crippen molar-refractivity contribution in [1.29, 1.82) is 0 Å². The number of rotatable bonds is 7. The Labute approximate surface area is 165 Å². The van der Waals surface area contributed by atoms with Crippen molar-refractivity contribution in [3.05, 3.63) is 82.1 Å². The minimum atomic E-state index is 0.0755. The molecule has 0 atom stereocenters. The van der Waals surface area contributed by atoms with Crippen LogP contribution in [0.25, 0.3) is 5.69 Å². The number of carbonyl (C=O) groups is 1. The van der Waals surface area contributed by atoms with Crippen LogP contribution < -0.4 is 5.32 Å². The molecule has 0 bridgehead atoms. The highest BCUT2D eigenvalue weighted by molar-refractivity contribution is 6.30. The Morgan fingerprint density at radius 3 is 2.26 bits per heavy atom. The van der Waals surface area contributed by atoms with Crippen LogP contribution >= 0.6 is 11.6 Å². The molecule has 4 nitrogen and oxygen atoms in total. The van der Waals surface area contributed by atoms with Crippen LogP contribution in [-0.4, -0.2) is 22.2 Å². The van der Waals surface area contributed by atoms with Crippen LogP contribution in [0.4, 0.5) is 0 Å². The fourth-order valence-corrected chi connectivity index (χ4v) is 3.16. The fourth-order valence-electron chi connectivity index (χ4n) is 3.04. The first kappa shape index (κ1) is 19.2. The predicted octanol–water partition coefficient (Wildman–Crippen LogP) is 4.43. The van der Waals surface area contributed by atoms with Crippen LogP contribution in [0.1, 0.15) is 28.9 Å². The fraction of sp³-hybridized carbons (Fsp3) is 0.273. The Hall–Kier alpha value is -2.59. The molecule has 5 heteroatoms. The number of nitrogens with one attached hydrogen (secondary N) is 1. The molecule has 0 aliphatic heterocycles. The first-order valence-corrected chi connectivity index (χ1v) is 9.53. The SMILES string of the molecule is Cc1cc(C)n(-c2ccc(CCC(=O)NCCc3ccc(Cl)cc3)cc2)n1. The minimum absolute atomic E-state index is 0.0755. The second kappa shape index (κ2) is 8.87. The van der Waals surface area contributed by atoms with Crippen molar-refractivity contribution in [2.75, 3.05) is 6.54 Å². The average molecular weight is 382 g/mol. The molecule has 0 aliphatic rings. The minimum Gasteiger partial charge on any atom is -0.356 e. The van der Waals surface area contributed by atoms with Crippen LogP contribution in [0, 0.1) is 13.8 Å². The summed E-state index contributed by atoms with van der Waals surface area (Å²) in [5.74, 6) is 0.0755. The zero-order valence-corrected chi connectivity index (χ0v) is 16.5. The number of nitrogens with zero attached hydrogens (tertiary/aromatic N) is 2. The number of halogens is 1. The largest absolute Gasteiger partial charge is 0.356 e. The molecule has 3 aromatic rings. The quantitative estimate of drug-likeness (QED) is 0.657. The molecule has 0 saturated carbocycles. The van der Waals surface area contributed by atoms with E-state index in [0.29, 0.717) is 13.0 Å². The Morgan fingerprint density at radius 1 is 1.00 bits per heavy atom. The van der Waals surface area contributed by atoms with Gasteiger partial charge in [-0.3, -0.25) is 4.79 Å². The smallest absolute Gasteiger partial charge is 0.220 e. The monoisotopic (exact) mass is 381 g/mol. The molecule has 1 aromatic heterocycles. The van der Waals surface area contributed by atoms with E-state index < -0.39 is 0 Å². The molecule has 0 aliphatic carbocycles. The van der Waals surface area contributed by atoms with E-state index in [1.165, 1.54) is 5.56 Å². The van der Waals surface area contributed by atoms with Crippen molar-refractivity contribution in [2.45, 2.75) is 33.1 Å². The van der Waals surface area contributed by atoms with E-state index in [0.717, 1.165) is 40.5 Å². The lowest BCUT2D eigenvalue weighted by Crippen LogP contribution is -2.25. The van der Waals surface area contributed by atoms with Gasteiger partial charge in [0.2, 0.25) is 5.91 Å². The van der Waals surface area contributed by atoms with Gasteiger partial charge in [0.15, 0.2) is 0 Å². The maximum atomic E-state index is 12.1. The summed E-state index contributed by atoms with van der Waals surface area (Å²) in [6.07, 6.45) is 2.02. The lowest BCUT2D eigenvalue weighted by atomic mass is 10.1. The maximum Gasteiger partial charge on any atom is 0.220 e. The number of carbonyl (C=O) groups excluding carboxylic acids is 1. The van der Waals surface area contributed by atoms with E-state index in [2.05, 4.69) is 28.6 Å². The van der Waals surface area contributed by atoms with Crippen LogP contribution in [0.5, 0.6) is 0 Å². The molecule has 27 heavy (non-hydrogen) atoms. The Balaban J connectivity index is 1.44. The normalized spacial score (nSPS) is 10.8. The van der Waals surface area contributed by atoms with Gasteiger partial charge in [-0.05, 0) is 68.1 Å². The number of aryl methyl sites for hydroxylation is 3. The lowest BCUT2D eigenvalue weighted by molar-refractivity contribution is -0.121. The summed E-state index contributed by atoms with van der Waals surface area (Å²) in [6.45, 7) is 4.67. The standard InChI is InChI=1S/C22H24ClN3O/c1-16-15-17(2)26(25-16)21-10-5-18(6-11-21)7-12-22(27)24-14-13-19-3-8-20(23)9-4-19/h3-6,8-11,15H,7,12-14H2,1-2H3,(H,24,27). The van der Waals surface area contributed by atoms with E-state index >= 15 is 0 Å². The first-order chi connectivity index (χ1) is 13.0. The van der Waals surface area contributed by atoms with Gasteiger partial charge in [0.05, 0.1) is 11.4 Å². The molecule has 140 valence electrons. The molecular formula is C22H24ClN3O. The Kier molecular flexibility index (Phi) is 6.30. The van der Waals surface area contributed by atoms with Gasteiger partial charge in [-0.1, -0.05) is 35.9 Å². The molecule has 0 spiro atoms. The molecule has 2 aromatic carbocycles. The van der Waals surface area contributed by atoms with Gasteiger partial charge in [-0.2, -0.15) is 5.10 Å². The maximum absolute atomic E-state index is 12.1. The third-order valence-electron chi connectivity index (χ3n) is 4.48. The summed E-state index contributed by atoms with van der Waals surface area (Å²) in [5, 5.41) is 8.20. The highest BCUT2D eigenvalue weighted by atomic mass is 35.5. The van der Waals surface area contributed by atoms with Crippen molar-refractivity contribution in [3.8, 4) is 5.69 Å². The number of amides is 1. The number of hydrogen-bond acceptors (Lipinski definition) is 2. The van der Waals surface area contributed by atoms with E-state index in [1.807, 2.05) is 54.9 Å².